The smallest absolute Gasteiger partial charge is 0.153 e. The van der Waals surface area contributed by atoms with Crippen LogP contribution in [0, 0.1) is 5.41 Å². The van der Waals surface area contributed by atoms with Crippen LogP contribution in [0.15, 0.2) is 30.3 Å². The van der Waals surface area contributed by atoms with Crippen LogP contribution < -0.4 is 5.73 Å². The van der Waals surface area contributed by atoms with Gasteiger partial charge in [-0.1, -0.05) is 30.3 Å². The van der Waals surface area contributed by atoms with Crippen LogP contribution in [0.3, 0.4) is 0 Å². The molecule has 110 valence electrons. The minimum Gasteiger partial charge on any atom is -0.388 e. The topological polar surface area (TPSA) is 87.2 Å². The third-order valence-corrected chi connectivity index (χ3v) is 5.51. The maximum atomic E-state index is 11.7. The fourth-order valence-corrected chi connectivity index (χ4v) is 4.37. The van der Waals surface area contributed by atoms with Crippen LogP contribution in [0.1, 0.15) is 24.9 Å². The van der Waals surface area contributed by atoms with Crippen molar-refractivity contribution in [1.82, 2.24) is 4.90 Å². The molecule has 0 radical (unpaired) electrons. The molecule has 0 aromatic heterocycles. The number of nitrogens with one attached hydrogen (secondary N) is 1. The van der Waals surface area contributed by atoms with Gasteiger partial charge in [0.1, 0.15) is 0 Å². The fraction of sp³-hybridized carbons (Fsp3) is 0.500. The molecule has 20 heavy (non-hydrogen) atoms. The van der Waals surface area contributed by atoms with Crippen LogP contribution in [0.5, 0.6) is 0 Å². The number of benzene rings is 1. The van der Waals surface area contributed by atoms with Gasteiger partial charge in [0.05, 0.1) is 17.3 Å². The van der Waals surface area contributed by atoms with Crippen LogP contribution in [0.25, 0.3) is 0 Å². The highest BCUT2D eigenvalue weighted by molar-refractivity contribution is 7.91. The van der Waals surface area contributed by atoms with Gasteiger partial charge in [-0.3, -0.25) is 10.3 Å². The fourth-order valence-electron chi connectivity index (χ4n) is 2.78. The van der Waals surface area contributed by atoms with Crippen molar-refractivity contribution in [3.05, 3.63) is 35.9 Å². The first-order valence-corrected chi connectivity index (χ1v) is 8.55. The highest BCUT2D eigenvalue weighted by Crippen LogP contribution is 2.28. The monoisotopic (exact) mass is 295 g/mol. The summed E-state index contributed by atoms with van der Waals surface area (Å²) in [4.78, 5) is 2.15. The van der Waals surface area contributed by atoms with E-state index in [4.69, 9.17) is 11.1 Å². The van der Waals surface area contributed by atoms with Gasteiger partial charge in [-0.25, -0.2) is 8.42 Å². The first kappa shape index (κ1) is 15.0. The van der Waals surface area contributed by atoms with E-state index in [0.717, 1.165) is 5.56 Å². The first-order chi connectivity index (χ1) is 9.39. The number of rotatable bonds is 4. The molecule has 2 unspecified atom stereocenters. The molecule has 0 spiro atoms. The largest absolute Gasteiger partial charge is 0.388 e. The number of hydrogen-bond donors (Lipinski definition) is 2. The second kappa shape index (κ2) is 5.93. The summed E-state index contributed by atoms with van der Waals surface area (Å²) in [5, 5.41) is 7.57. The maximum absolute atomic E-state index is 11.7. The van der Waals surface area contributed by atoms with Crippen LogP contribution in [0.2, 0.25) is 0 Å². The maximum Gasteiger partial charge on any atom is 0.153 e. The number of nitrogens with two attached hydrogens (primary N) is 1. The van der Waals surface area contributed by atoms with Crippen molar-refractivity contribution in [2.45, 2.75) is 25.4 Å². The summed E-state index contributed by atoms with van der Waals surface area (Å²) in [5.41, 5.74) is 6.65. The Hall–Kier alpha value is -1.40. The van der Waals surface area contributed by atoms with Crippen molar-refractivity contribution in [1.29, 1.82) is 5.41 Å². The zero-order valence-electron chi connectivity index (χ0n) is 11.6. The first-order valence-electron chi connectivity index (χ1n) is 6.73. The summed E-state index contributed by atoms with van der Waals surface area (Å²) in [7, 11) is -2.94. The predicted octanol–water partition coefficient (Wildman–Crippen LogP) is 1.17. The molecular formula is C14H21N3O2S. The molecule has 2 atom stereocenters. The zero-order valence-corrected chi connectivity index (χ0v) is 12.4. The van der Waals surface area contributed by atoms with E-state index in [-0.39, 0.29) is 29.4 Å². The van der Waals surface area contributed by atoms with E-state index in [2.05, 4.69) is 4.90 Å². The van der Waals surface area contributed by atoms with Crippen molar-refractivity contribution >= 4 is 15.7 Å². The Morgan fingerprint density at radius 3 is 2.65 bits per heavy atom. The quantitative estimate of drug-likeness (QED) is 0.645. The van der Waals surface area contributed by atoms with Gasteiger partial charge in [-0.15, -0.1) is 0 Å². The van der Waals surface area contributed by atoms with Crippen LogP contribution in [0.4, 0.5) is 0 Å². The Morgan fingerprint density at radius 1 is 1.45 bits per heavy atom. The average molecular weight is 295 g/mol. The van der Waals surface area contributed by atoms with Gasteiger partial charge in [0.2, 0.25) is 0 Å². The summed E-state index contributed by atoms with van der Waals surface area (Å²) >= 11 is 0. The van der Waals surface area contributed by atoms with Crippen molar-refractivity contribution in [2.75, 3.05) is 18.1 Å². The Labute approximate surface area is 120 Å². The Bertz CT molecular complexity index is 571. The zero-order chi connectivity index (χ0) is 14.8. The predicted molar refractivity (Wildman–Crippen MR) is 80.5 cm³/mol. The van der Waals surface area contributed by atoms with E-state index < -0.39 is 9.84 Å². The Kier molecular flexibility index (Phi) is 4.45. The lowest BCUT2D eigenvalue weighted by Gasteiger charge is -2.39. The molecule has 1 aliphatic rings. The van der Waals surface area contributed by atoms with Gasteiger partial charge in [0.15, 0.2) is 9.84 Å². The lowest BCUT2D eigenvalue weighted by Crippen LogP contribution is -2.49. The SMILES string of the molecule is CC1CS(=O)(=O)CCN1C(CC(=N)N)c1ccccc1. The van der Waals surface area contributed by atoms with E-state index in [9.17, 15) is 8.42 Å². The molecular weight excluding hydrogens is 274 g/mol. The highest BCUT2D eigenvalue weighted by atomic mass is 32.2. The molecule has 0 saturated carbocycles. The molecule has 0 amide bonds. The van der Waals surface area contributed by atoms with E-state index in [1.165, 1.54) is 0 Å². The Morgan fingerprint density at radius 2 is 2.10 bits per heavy atom. The third-order valence-electron chi connectivity index (χ3n) is 3.72. The standard InChI is InChI=1S/C14H21N3O2S/c1-11-10-20(18,19)8-7-17(11)13(9-14(15)16)12-5-3-2-4-6-12/h2-6,11,13H,7-10H2,1H3,(H3,15,16). The summed E-state index contributed by atoms with van der Waals surface area (Å²) < 4.78 is 23.4. The molecule has 2 rings (SSSR count). The van der Waals surface area contributed by atoms with Crippen molar-refractivity contribution < 1.29 is 8.42 Å². The van der Waals surface area contributed by atoms with Gasteiger partial charge >= 0.3 is 0 Å². The summed E-state index contributed by atoms with van der Waals surface area (Å²) in [6, 6.07) is 9.77. The van der Waals surface area contributed by atoms with Crippen LogP contribution >= 0.6 is 0 Å². The molecule has 5 nitrogen and oxygen atoms in total. The van der Waals surface area contributed by atoms with Crippen molar-refractivity contribution in [2.24, 2.45) is 5.73 Å². The van der Waals surface area contributed by atoms with Gasteiger partial charge in [-0.05, 0) is 12.5 Å². The van der Waals surface area contributed by atoms with Crippen molar-refractivity contribution in [3.63, 3.8) is 0 Å². The van der Waals surface area contributed by atoms with Gasteiger partial charge in [0, 0.05) is 25.0 Å². The average Bonchev–Trinajstić information content (AvgIpc) is 2.36. The normalized spacial score (nSPS) is 24.1. The van der Waals surface area contributed by atoms with E-state index in [1.54, 1.807) is 0 Å². The number of sulfone groups is 1. The van der Waals surface area contributed by atoms with E-state index in [1.807, 2.05) is 37.3 Å². The van der Waals surface area contributed by atoms with Gasteiger partial charge < -0.3 is 5.73 Å². The lowest BCUT2D eigenvalue weighted by molar-refractivity contribution is 0.161. The van der Waals surface area contributed by atoms with E-state index in [0.29, 0.717) is 13.0 Å². The van der Waals surface area contributed by atoms with E-state index >= 15 is 0 Å². The number of nitrogens with zero attached hydrogens (tertiary/aromatic N) is 1. The van der Waals surface area contributed by atoms with Gasteiger partial charge in [-0.2, -0.15) is 0 Å². The minimum atomic E-state index is -2.94. The molecule has 1 heterocycles. The van der Waals surface area contributed by atoms with Crippen LogP contribution in [-0.4, -0.2) is 43.2 Å². The number of hydrogen-bond acceptors (Lipinski definition) is 4. The minimum absolute atomic E-state index is 0.0285. The molecule has 3 N–H and O–H groups in total. The molecule has 1 aliphatic heterocycles. The summed E-state index contributed by atoms with van der Waals surface area (Å²) in [6.45, 7) is 2.42. The Balaban J connectivity index is 2.26. The third kappa shape index (κ3) is 3.58. The molecule has 1 aromatic carbocycles. The van der Waals surface area contributed by atoms with Crippen molar-refractivity contribution in [3.8, 4) is 0 Å². The molecule has 6 heteroatoms. The molecule has 0 aliphatic carbocycles. The molecule has 0 bridgehead atoms. The second-order valence-corrected chi connectivity index (χ2v) is 7.59. The summed E-state index contributed by atoms with van der Waals surface area (Å²) in [5.74, 6) is 0.479. The molecule has 1 aromatic rings. The molecule has 1 fully saturated rings. The second-order valence-electron chi connectivity index (χ2n) is 5.36. The van der Waals surface area contributed by atoms with Crippen LogP contribution in [-0.2, 0) is 9.84 Å². The number of amidine groups is 1. The summed E-state index contributed by atoms with van der Waals surface area (Å²) in [6.07, 6.45) is 0.425. The van der Waals surface area contributed by atoms with Gasteiger partial charge in [0.25, 0.3) is 0 Å². The highest BCUT2D eigenvalue weighted by Gasteiger charge is 2.33. The lowest BCUT2D eigenvalue weighted by atomic mass is 10.00. The molecule has 1 saturated heterocycles.